The van der Waals surface area contributed by atoms with Gasteiger partial charge in [0.2, 0.25) is 0 Å². The van der Waals surface area contributed by atoms with Gasteiger partial charge in [-0.2, -0.15) is 0 Å². The number of methoxy groups -OCH3 is 1. The van der Waals surface area contributed by atoms with Crippen LogP contribution in [-0.2, 0) is 4.74 Å². The van der Waals surface area contributed by atoms with Crippen molar-refractivity contribution in [3.05, 3.63) is 0 Å². The Balaban J connectivity index is 3.57. The van der Waals surface area contributed by atoms with E-state index in [-0.39, 0.29) is 6.61 Å². The molecule has 1 atom stereocenters. The molecule has 0 saturated carbocycles. The molecular formula is C16H34FNO. The molecule has 0 heterocycles. The van der Waals surface area contributed by atoms with Crippen LogP contribution in [0.1, 0.15) is 77.6 Å². The average molecular weight is 275 g/mol. The van der Waals surface area contributed by atoms with Gasteiger partial charge in [-0.05, 0) is 25.8 Å². The van der Waals surface area contributed by atoms with Crippen molar-refractivity contribution in [1.82, 2.24) is 0 Å². The minimum absolute atomic E-state index is 0.212. The highest BCUT2D eigenvalue weighted by molar-refractivity contribution is 4.79. The highest BCUT2D eigenvalue weighted by Gasteiger charge is 2.28. The second kappa shape index (κ2) is 12.9. The molecule has 2 N–H and O–H groups in total. The average Bonchev–Trinajstić information content (AvgIpc) is 2.40. The first-order valence-corrected chi connectivity index (χ1v) is 8.06. The topological polar surface area (TPSA) is 35.2 Å². The summed E-state index contributed by atoms with van der Waals surface area (Å²) in [7, 11) is 1.57. The van der Waals surface area contributed by atoms with Crippen LogP contribution >= 0.6 is 0 Å². The number of unbranched alkanes of at least 4 members (excludes halogenated alkanes) is 7. The Morgan fingerprint density at radius 1 is 0.895 bits per heavy atom. The van der Waals surface area contributed by atoms with Crippen molar-refractivity contribution in [2.75, 3.05) is 20.3 Å². The Labute approximate surface area is 119 Å². The Morgan fingerprint density at radius 3 is 1.95 bits per heavy atom. The van der Waals surface area contributed by atoms with Crippen molar-refractivity contribution in [1.29, 1.82) is 0 Å². The van der Waals surface area contributed by atoms with Crippen molar-refractivity contribution >= 4 is 0 Å². The number of halogens is 1. The van der Waals surface area contributed by atoms with Crippen LogP contribution in [0.5, 0.6) is 0 Å². The van der Waals surface area contributed by atoms with Crippen molar-refractivity contribution in [2.45, 2.75) is 83.2 Å². The molecule has 0 aliphatic rings. The summed E-state index contributed by atoms with van der Waals surface area (Å²) in [6.45, 7) is 3.01. The zero-order chi connectivity index (χ0) is 14.4. The molecule has 0 aliphatic carbocycles. The summed E-state index contributed by atoms with van der Waals surface area (Å²) in [5.41, 5.74) is 4.30. The lowest BCUT2D eigenvalue weighted by atomic mass is 9.93. The van der Waals surface area contributed by atoms with Gasteiger partial charge in [-0.3, -0.25) is 0 Å². The lowest BCUT2D eigenvalue weighted by molar-refractivity contribution is 0.0248. The molecule has 0 spiro atoms. The van der Waals surface area contributed by atoms with Crippen LogP contribution in [0.2, 0.25) is 0 Å². The van der Waals surface area contributed by atoms with Gasteiger partial charge in [-0.15, -0.1) is 0 Å². The molecule has 0 bridgehead atoms. The van der Waals surface area contributed by atoms with Crippen LogP contribution in [0.15, 0.2) is 0 Å². The van der Waals surface area contributed by atoms with E-state index in [4.69, 9.17) is 10.5 Å². The van der Waals surface area contributed by atoms with Gasteiger partial charge in [0, 0.05) is 7.11 Å². The largest absolute Gasteiger partial charge is 0.381 e. The summed E-state index contributed by atoms with van der Waals surface area (Å²) in [5.74, 6) is 0. The van der Waals surface area contributed by atoms with E-state index in [1.165, 1.54) is 38.5 Å². The van der Waals surface area contributed by atoms with Crippen molar-refractivity contribution in [2.24, 2.45) is 5.73 Å². The molecule has 0 radical (unpaired) electrons. The highest BCUT2D eigenvalue weighted by Crippen LogP contribution is 2.26. The zero-order valence-electron chi connectivity index (χ0n) is 13.1. The van der Waals surface area contributed by atoms with Gasteiger partial charge in [0.1, 0.15) is 5.67 Å². The third kappa shape index (κ3) is 11.4. The quantitative estimate of drug-likeness (QED) is 0.470. The third-order valence-electron chi connectivity index (χ3n) is 3.71. The van der Waals surface area contributed by atoms with Gasteiger partial charge in [0.05, 0.1) is 6.61 Å². The van der Waals surface area contributed by atoms with Gasteiger partial charge >= 0.3 is 0 Å². The standard InChI is InChI=1S/C16H34FNO/c1-3-4-5-6-7-8-9-10-12-16(17,15-19-2)13-11-14-18/h3-15,18H2,1-2H3. The second-order valence-corrected chi connectivity index (χ2v) is 5.70. The molecule has 19 heavy (non-hydrogen) atoms. The fourth-order valence-electron chi connectivity index (χ4n) is 2.52. The SMILES string of the molecule is CCCCCCCCCCC(F)(CCCN)COC. The number of alkyl halides is 1. The minimum Gasteiger partial charge on any atom is -0.381 e. The molecule has 0 saturated heterocycles. The predicted octanol–water partition coefficient (Wildman–Crippen LogP) is 4.61. The fraction of sp³-hybridized carbons (Fsp3) is 1.00. The van der Waals surface area contributed by atoms with Crippen LogP contribution in [0.4, 0.5) is 4.39 Å². The summed E-state index contributed by atoms with van der Waals surface area (Å²) in [6, 6.07) is 0. The van der Waals surface area contributed by atoms with Crippen LogP contribution in [0.25, 0.3) is 0 Å². The van der Waals surface area contributed by atoms with Crippen molar-refractivity contribution in [3.8, 4) is 0 Å². The van der Waals surface area contributed by atoms with E-state index in [0.29, 0.717) is 19.4 Å². The first kappa shape index (κ1) is 18.9. The molecule has 2 nitrogen and oxygen atoms in total. The molecule has 0 rings (SSSR count). The first-order chi connectivity index (χ1) is 9.18. The predicted molar refractivity (Wildman–Crippen MR) is 81.2 cm³/mol. The van der Waals surface area contributed by atoms with Gasteiger partial charge in [0.15, 0.2) is 0 Å². The number of rotatable bonds is 14. The molecule has 1 unspecified atom stereocenters. The Morgan fingerprint density at radius 2 is 1.42 bits per heavy atom. The van der Waals surface area contributed by atoms with Crippen LogP contribution in [0, 0.1) is 0 Å². The third-order valence-corrected chi connectivity index (χ3v) is 3.71. The van der Waals surface area contributed by atoms with Gasteiger partial charge in [-0.1, -0.05) is 58.3 Å². The molecule has 0 fully saturated rings. The number of hydrogen-bond acceptors (Lipinski definition) is 2. The summed E-state index contributed by atoms with van der Waals surface area (Å²) in [5, 5.41) is 0. The van der Waals surface area contributed by atoms with E-state index in [1.807, 2.05) is 0 Å². The smallest absolute Gasteiger partial charge is 0.134 e. The minimum atomic E-state index is -1.16. The van der Waals surface area contributed by atoms with Gasteiger partial charge in [-0.25, -0.2) is 4.39 Å². The Bertz CT molecular complexity index is 190. The van der Waals surface area contributed by atoms with Crippen LogP contribution in [-0.4, -0.2) is 25.9 Å². The van der Waals surface area contributed by atoms with Gasteiger partial charge < -0.3 is 10.5 Å². The molecule has 0 amide bonds. The number of nitrogens with two attached hydrogens (primary N) is 1. The van der Waals surface area contributed by atoms with E-state index in [2.05, 4.69) is 6.92 Å². The van der Waals surface area contributed by atoms with Crippen molar-refractivity contribution in [3.63, 3.8) is 0 Å². The summed E-state index contributed by atoms with van der Waals surface area (Å²) >= 11 is 0. The maximum atomic E-state index is 14.5. The summed E-state index contributed by atoms with van der Waals surface area (Å²) in [6.07, 6.45) is 11.9. The molecule has 0 aromatic rings. The molecule has 3 heteroatoms. The lowest BCUT2D eigenvalue weighted by Gasteiger charge is -2.24. The number of ether oxygens (including phenoxy) is 1. The molecular weight excluding hydrogens is 241 g/mol. The second-order valence-electron chi connectivity index (χ2n) is 5.70. The summed E-state index contributed by atoms with van der Waals surface area (Å²) < 4.78 is 19.5. The normalized spacial score (nSPS) is 14.5. The number of hydrogen-bond donors (Lipinski definition) is 1. The highest BCUT2D eigenvalue weighted by atomic mass is 19.1. The van der Waals surface area contributed by atoms with Crippen LogP contribution in [0.3, 0.4) is 0 Å². The maximum Gasteiger partial charge on any atom is 0.134 e. The van der Waals surface area contributed by atoms with Crippen molar-refractivity contribution < 1.29 is 9.13 Å². The van der Waals surface area contributed by atoms with E-state index in [0.717, 1.165) is 19.3 Å². The molecule has 116 valence electrons. The Kier molecular flexibility index (Phi) is 12.8. The summed E-state index contributed by atoms with van der Waals surface area (Å²) in [4.78, 5) is 0. The van der Waals surface area contributed by atoms with E-state index in [9.17, 15) is 4.39 Å². The van der Waals surface area contributed by atoms with Crippen LogP contribution < -0.4 is 5.73 Å². The molecule has 0 aromatic heterocycles. The molecule has 0 aromatic carbocycles. The van der Waals surface area contributed by atoms with E-state index < -0.39 is 5.67 Å². The Hall–Kier alpha value is -0.150. The lowest BCUT2D eigenvalue weighted by Crippen LogP contribution is -2.29. The maximum absolute atomic E-state index is 14.5. The fourth-order valence-corrected chi connectivity index (χ4v) is 2.52. The monoisotopic (exact) mass is 275 g/mol. The first-order valence-electron chi connectivity index (χ1n) is 8.06. The van der Waals surface area contributed by atoms with E-state index >= 15 is 0 Å². The molecule has 0 aliphatic heterocycles. The van der Waals surface area contributed by atoms with Gasteiger partial charge in [0.25, 0.3) is 0 Å². The zero-order valence-corrected chi connectivity index (χ0v) is 13.1. The van der Waals surface area contributed by atoms with E-state index in [1.54, 1.807) is 7.11 Å².